The predicted molar refractivity (Wildman–Crippen MR) is 99.9 cm³/mol. The third kappa shape index (κ3) is 5.05. The van der Waals surface area contributed by atoms with Crippen LogP contribution in [-0.2, 0) is 20.9 Å². The van der Waals surface area contributed by atoms with Crippen LogP contribution < -0.4 is 14.8 Å². The van der Waals surface area contributed by atoms with Crippen LogP contribution in [0.1, 0.15) is 38.2 Å². The molecule has 0 saturated carbocycles. The van der Waals surface area contributed by atoms with E-state index >= 15 is 0 Å². The molecule has 8 heteroatoms. The van der Waals surface area contributed by atoms with Gasteiger partial charge in [-0.1, -0.05) is 11.6 Å². The molecule has 2 aliphatic heterocycles. The van der Waals surface area contributed by atoms with Gasteiger partial charge in [-0.05, 0) is 37.9 Å². The Morgan fingerprint density at radius 1 is 1.37 bits per heavy atom. The van der Waals surface area contributed by atoms with Gasteiger partial charge >= 0.3 is 5.97 Å². The summed E-state index contributed by atoms with van der Waals surface area (Å²) in [7, 11) is 0. The summed E-state index contributed by atoms with van der Waals surface area (Å²) in [6.07, 6.45) is 2.45. The van der Waals surface area contributed by atoms with Crippen molar-refractivity contribution in [3.05, 3.63) is 22.7 Å². The third-order valence-corrected chi connectivity index (χ3v) is 5.18. The molecular formula is C19H25ClN2O5. The molecular weight excluding hydrogens is 372 g/mol. The van der Waals surface area contributed by atoms with Crippen molar-refractivity contribution in [3.63, 3.8) is 0 Å². The number of fused-ring (bicyclic) bond motifs is 1. The van der Waals surface area contributed by atoms with Crippen molar-refractivity contribution in [2.45, 2.75) is 45.2 Å². The first-order valence-electron chi connectivity index (χ1n) is 9.32. The number of esters is 1. The highest BCUT2D eigenvalue weighted by molar-refractivity contribution is 6.31. The Kier molecular flexibility index (Phi) is 6.79. The van der Waals surface area contributed by atoms with E-state index in [2.05, 4.69) is 5.32 Å². The lowest BCUT2D eigenvalue weighted by molar-refractivity contribution is -0.144. The number of benzene rings is 1. The standard InChI is InChI=1S/C19H25ClN2O5/c1-2-25-19(24)6-8-22-14(3-4-18(22)23)5-7-21-11-13-9-16-17(10-15(13)20)27-12-26-16/h9-10,14,21H,2-8,11-12H2,1H3/t14-/m1/s1. The first-order chi connectivity index (χ1) is 13.1. The van der Waals surface area contributed by atoms with Crippen molar-refractivity contribution in [2.75, 3.05) is 26.5 Å². The van der Waals surface area contributed by atoms with Crippen LogP contribution in [0.15, 0.2) is 12.1 Å². The van der Waals surface area contributed by atoms with Gasteiger partial charge in [-0.2, -0.15) is 0 Å². The number of hydrogen-bond donors (Lipinski definition) is 1. The number of nitrogens with zero attached hydrogens (tertiary/aromatic N) is 1. The smallest absolute Gasteiger partial charge is 0.307 e. The molecule has 2 aliphatic rings. The minimum atomic E-state index is -0.258. The Bertz CT molecular complexity index is 697. The van der Waals surface area contributed by atoms with Gasteiger partial charge in [0.1, 0.15) is 0 Å². The largest absolute Gasteiger partial charge is 0.466 e. The monoisotopic (exact) mass is 396 g/mol. The molecule has 7 nitrogen and oxygen atoms in total. The van der Waals surface area contributed by atoms with Gasteiger partial charge in [-0.3, -0.25) is 9.59 Å². The van der Waals surface area contributed by atoms with Crippen molar-refractivity contribution >= 4 is 23.5 Å². The number of likely N-dealkylation sites (tertiary alicyclic amines) is 1. The maximum atomic E-state index is 12.1. The van der Waals surface area contributed by atoms with Gasteiger partial charge in [-0.15, -0.1) is 0 Å². The van der Waals surface area contributed by atoms with Gasteiger partial charge in [0.05, 0.1) is 13.0 Å². The molecule has 1 atom stereocenters. The van der Waals surface area contributed by atoms with Crippen molar-refractivity contribution in [2.24, 2.45) is 0 Å². The van der Waals surface area contributed by atoms with Crippen molar-refractivity contribution in [1.29, 1.82) is 0 Å². The lowest BCUT2D eigenvalue weighted by atomic mass is 10.1. The first-order valence-corrected chi connectivity index (χ1v) is 9.70. The molecule has 1 saturated heterocycles. The van der Waals surface area contributed by atoms with E-state index in [4.69, 9.17) is 25.8 Å². The summed E-state index contributed by atoms with van der Waals surface area (Å²) in [5.74, 6) is 1.24. The number of carbonyl (C=O) groups is 2. The lowest BCUT2D eigenvalue weighted by Gasteiger charge is -2.24. The first kappa shape index (κ1) is 19.8. The van der Waals surface area contributed by atoms with Crippen LogP contribution in [0.2, 0.25) is 5.02 Å². The summed E-state index contributed by atoms with van der Waals surface area (Å²) in [6.45, 7) is 4.15. The molecule has 0 bridgehead atoms. The Morgan fingerprint density at radius 2 is 2.15 bits per heavy atom. The van der Waals surface area contributed by atoms with Gasteiger partial charge in [-0.25, -0.2) is 0 Å². The fourth-order valence-corrected chi connectivity index (χ4v) is 3.65. The molecule has 27 heavy (non-hydrogen) atoms. The highest BCUT2D eigenvalue weighted by atomic mass is 35.5. The molecule has 1 N–H and O–H groups in total. The molecule has 2 heterocycles. The Labute approximate surface area is 163 Å². The van der Waals surface area contributed by atoms with Crippen LogP contribution in [0.3, 0.4) is 0 Å². The summed E-state index contributed by atoms with van der Waals surface area (Å²) < 4.78 is 15.6. The topological polar surface area (TPSA) is 77.1 Å². The fraction of sp³-hybridized carbons (Fsp3) is 0.579. The minimum Gasteiger partial charge on any atom is -0.466 e. The van der Waals surface area contributed by atoms with Crippen LogP contribution in [-0.4, -0.2) is 49.3 Å². The SMILES string of the molecule is CCOC(=O)CCN1C(=O)CC[C@@H]1CCNCc1cc2c(cc1Cl)OCO2. The zero-order valence-electron chi connectivity index (χ0n) is 15.5. The molecule has 0 aliphatic carbocycles. The van der Waals surface area contributed by atoms with E-state index in [1.54, 1.807) is 13.0 Å². The number of halogens is 1. The van der Waals surface area contributed by atoms with Crippen LogP contribution in [0.4, 0.5) is 0 Å². The van der Waals surface area contributed by atoms with Crippen LogP contribution in [0.25, 0.3) is 0 Å². The van der Waals surface area contributed by atoms with E-state index < -0.39 is 0 Å². The zero-order valence-corrected chi connectivity index (χ0v) is 16.2. The number of hydrogen-bond acceptors (Lipinski definition) is 6. The van der Waals surface area contributed by atoms with E-state index in [0.29, 0.717) is 42.6 Å². The Morgan fingerprint density at radius 3 is 2.93 bits per heavy atom. The molecule has 1 amide bonds. The number of rotatable bonds is 9. The Hall–Kier alpha value is -1.99. The molecule has 0 unspecified atom stereocenters. The van der Waals surface area contributed by atoms with Crippen LogP contribution in [0.5, 0.6) is 11.5 Å². The average molecular weight is 397 g/mol. The fourth-order valence-electron chi connectivity index (χ4n) is 3.43. The molecule has 0 radical (unpaired) electrons. The number of carbonyl (C=O) groups excluding carboxylic acids is 2. The maximum absolute atomic E-state index is 12.1. The second kappa shape index (κ2) is 9.28. The van der Waals surface area contributed by atoms with Gasteiger partial charge < -0.3 is 24.4 Å². The highest BCUT2D eigenvalue weighted by Crippen LogP contribution is 2.36. The predicted octanol–water partition coefficient (Wildman–Crippen LogP) is 2.49. The number of nitrogens with one attached hydrogen (secondary N) is 1. The normalized spacial score (nSPS) is 18.2. The van der Waals surface area contributed by atoms with E-state index in [0.717, 1.165) is 24.9 Å². The highest BCUT2D eigenvalue weighted by Gasteiger charge is 2.30. The van der Waals surface area contributed by atoms with Crippen LogP contribution in [0, 0.1) is 0 Å². The van der Waals surface area contributed by atoms with E-state index in [1.165, 1.54) is 0 Å². The minimum absolute atomic E-state index is 0.114. The van der Waals surface area contributed by atoms with Gasteiger partial charge in [0.2, 0.25) is 12.7 Å². The van der Waals surface area contributed by atoms with Crippen molar-refractivity contribution in [1.82, 2.24) is 10.2 Å². The van der Waals surface area contributed by atoms with Gasteiger partial charge in [0, 0.05) is 36.6 Å². The van der Waals surface area contributed by atoms with E-state index in [-0.39, 0.29) is 31.1 Å². The quantitative estimate of drug-likeness (QED) is 0.510. The summed E-state index contributed by atoms with van der Waals surface area (Å²) in [4.78, 5) is 25.4. The van der Waals surface area contributed by atoms with Crippen molar-refractivity contribution in [3.8, 4) is 11.5 Å². The maximum Gasteiger partial charge on any atom is 0.307 e. The third-order valence-electron chi connectivity index (χ3n) is 4.83. The average Bonchev–Trinajstić information content (AvgIpc) is 3.23. The molecule has 0 aromatic heterocycles. The van der Waals surface area contributed by atoms with E-state index in [9.17, 15) is 9.59 Å². The Balaban J connectivity index is 1.44. The second-order valence-corrected chi connectivity index (χ2v) is 7.00. The zero-order chi connectivity index (χ0) is 19.2. The number of ether oxygens (including phenoxy) is 3. The van der Waals surface area contributed by atoms with Crippen LogP contribution >= 0.6 is 11.6 Å². The van der Waals surface area contributed by atoms with Gasteiger partial charge in [0.15, 0.2) is 11.5 Å². The molecule has 1 aromatic carbocycles. The molecule has 1 aromatic rings. The second-order valence-electron chi connectivity index (χ2n) is 6.60. The molecule has 0 spiro atoms. The van der Waals surface area contributed by atoms with Gasteiger partial charge in [0.25, 0.3) is 0 Å². The summed E-state index contributed by atoms with van der Waals surface area (Å²) in [5, 5.41) is 4.01. The molecule has 3 rings (SSSR count). The lowest BCUT2D eigenvalue weighted by Crippen LogP contribution is -2.36. The van der Waals surface area contributed by atoms with Crippen molar-refractivity contribution < 1.29 is 23.8 Å². The van der Waals surface area contributed by atoms with E-state index in [1.807, 2.05) is 11.0 Å². The molecule has 148 valence electrons. The summed E-state index contributed by atoms with van der Waals surface area (Å²) in [6, 6.07) is 3.82. The molecule has 1 fully saturated rings. The number of amides is 1. The summed E-state index contributed by atoms with van der Waals surface area (Å²) >= 11 is 6.28. The summed E-state index contributed by atoms with van der Waals surface area (Å²) in [5.41, 5.74) is 0.947.